The van der Waals surface area contributed by atoms with Gasteiger partial charge in [-0.2, -0.15) is 0 Å². The molecule has 3 N–H and O–H groups in total. The van der Waals surface area contributed by atoms with Gasteiger partial charge in [-0.3, -0.25) is 0 Å². The van der Waals surface area contributed by atoms with Crippen molar-refractivity contribution in [3.8, 4) is 0 Å². The van der Waals surface area contributed by atoms with Crippen molar-refractivity contribution in [3.63, 3.8) is 0 Å². The van der Waals surface area contributed by atoms with Crippen molar-refractivity contribution in [2.45, 2.75) is 0 Å². The van der Waals surface area contributed by atoms with Gasteiger partial charge in [0.1, 0.15) is 0 Å². The van der Waals surface area contributed by atoms with E-state index >= 15 is 0 Å². The first-order valence-electron chi connectivity index (χ1n) is 1.15. The predicted octanol–water partition coefficient (Wildman–Crippen LogP) is -2.21. The molecule has 0 rings (SSSR count). The molecule has 0 aromatic rings. The molecular formula is H5KO6P3+3. The van der Waals surface area contributed by atoms with E-state index in [4.69, 9.17) is 28.4 Å². The summed E-state index contributed by atoms with van der Waals surface area (Å²) in [6.07, 6.45) is 0. The van der Waals surface area contributed by atoms with Crippen molar-refractivity contribution in [2.75, 3.05) is 0 Å². The average Bonchev–Trinajstić information content (AvgIpc) is 1.70. The first kappa shape index (κ1) is 22.6. The molecule has 0 aliphatic heterocycles. The first-order valence-corrected chi connectivity index (χ1v) is 3.44. The van der Waals surface area contributed by atoms with Gasteiger partial charge >= 0.3 is 80.3 Å². The Morgan fingerprint density at radius 3 is 0.800 bits per heavy atom. The van der Waals surface area contributed by atoms with Crippen LogP contribution in [0.15, 0.2) is 0 Å². The van der Waals surface area contributed by atoms with E-state index in [-0.39, 0.29) is 54.2 Å². The van der Waals surface area contributed by atoms with E-state index in [9.17, 15) is 0 Å². The van der Waals surface area contributed by atoms with Gasteiger partial charge in [-0.05, 0) is 0 Å². The van der Waals surface area contributed by atoms with E-state index in [2.05, 4.69) is 0 Å². The molecule has 10 heavy (non-hydrogen) atoms. The third-order valence-electron chi connectivity index (χ3n) is 0. The second-order valence-electron chi connectivity index (χ2n) is 0.245. The van der Waals surface area contributed by atoms with Crippen LogP contribution in [0.4, 0.5) is 0 Å². The average molecular weight is 233 g/mol. The summed E-state index contributed by atoms with van der Waals surface area (Å²) in [4.78, 5) is 21.0. The molecule has 0 saturated heterocycles. The maximum atomic E-state index is 8.46. The number of rotatable bonds is 0. The number of hydrogen-bond acceptors (Lipinski definition) is 3. The van der Waals surface area contributed by atoms with E-state index in [1.54, 1.807) is 0 Å². The Hall–Kier alpha value is 1.82. The Bertz CT molecular complexity index is 57.5. The van der Waals surface area contributed by atoms with Crippen LogP contribution < -0.4 is 51.4 Å². The minimum absolute atomic E-state index is 0. The zero-order chi connectivity index (χ0) is 8.12. The Morgan fingerprint density at radius 2 is 0.800 bits per heavy atom. The second-order valence-corrected chi connectivity index (χ2v) is 0.735. The van der Waals surface area contributed by atoms with E-state index in [0.29, 0.717) is 0 Å². The van der Waals surface area contributed by atoms with Crippen LogP contribution in [0.3, 0.4) is 0 Å². The van der Waals surface area contributed by atoms with Crippen molar-refractivity contribution in [3.05, 3.63) is 0 Å². The fourth-order valence-electron chi connectivity index (χ4n) is 0. The quantitative estimate of drug-likeness (QED) is 0.323. The van der Waals surface area contributed by atoms with Crippen molar-refractivity contribution >= 4 is 26.1 Å². The topological polar surface area (TPSA) is 112 Å². The maximum Gasteiger partial charge on any atom is 1.00 e. The molecule has 0 amide bonds. The van der Waals surface area contributed by atoms with E-state index in [0.717, 1.165) is 0 Å². The van der Waals surface area contributed by atoms with Gasteiger partial charge in [0.05, 0.1) is 0 Å². The van der Waals surface area contributed by atoms with Crippen LogP contribution in [0.25, 0.3) is 0 Å². The minimum atomic E-state index is -0.833. The van der Waals surface area contributed by atoms with Crippen LogP contribution in [0.2, 0.25) is 0 Å². The Balaban J connectivity index is -0.00000001000. The summed E-state index contributed by atoms with van der Waals surface area (Å²) in [5.74, 6) is 0. The molecule has 0 bridgehead atoms. The zero-order valence-electron chi connectivity index (χ0n) is 6.91. The third kappa shape index (κ3) is 231. The Labute approximate surface area is 107 Å². The van der Waals surface area contributed by atoms with Crippen LogP contribution in [0.1, 0.15) is 2.85 Å². The fourth-order valence-corrected chi connectivity index (χ4v) is 0. The summed E-state index contributed by atoms with van der Waals surface area (Å²) in [6, 6.07) is 0. The van der Waals surface area contributed by atoms with Gasteiger partial charge in [0.2, 0.25) is 0 Å². The largest absolute Gasteiger partial charge is 1.00 e. The summed E-state index contributed by atoms with van der Waals surface area (Å²) in [7, 11) is -2.50. The summed E-state index contributed by atoms with van der Waals surface area (Å²) in [5.41, 5.74) is 0. The van der Waals surface area contributed by atoms with Crippen LogP contribution in [-0.4, -0.2) is 14.7 Å². The van der Waals surface area contributed by atoms with Crippen LogP contribution in [0, 0.1) is 0 Å². The Kier molecular flexibility index (Phi) is 102. The third-order valence-corrected chi connectivity index (χ3v) is 0. The van der Waals surface area contributed by atoms with E-state index < -0.39 is 26.1 Å². The fraction of sp³-hybridized carbons (Fsp3) is 0. The summed E-state index contributed by atoms with van der Waals surface area (Å²) in [6.45, 7) is 0. The molecule has 0 saturated carbocycles. The van der Waals surface area contributed by atoms with Gasteiger partial charge in [0, 0.05) is 0 Å². The molecule has 0 aliphatic rings. The van der Waals surface area contributed by atoms with E-state index in [1.165, 1.54) is 0 Å². The molecule has 10 heteroatoms. The van der Waals surface area contributed by atoms with Gasteiger partial charge < -0.3 is 14.7 Å². The molecule has 0 aromatic carbocycles. The van der Waals surface area contributed by atoms with Gasteiger partial charge in [-0.1, -0.05) is 0 Å². The molecule has 0 unspecified atom stereocenters. The molecule has 6 nitrogen and oxygen atoms in total. The van der Waals surface area contributed by atoms with Crippen molar-refractivity contribution in [2.24, 2.45) is 0 Å². The van der Waals surface area contributed by atoms with Crippen LogP contribution >= 0.6 is 26.1 Å². The van der Waals surface area contributed by atoms with Gasteiger partial charge in [0.15, 0.2) is 0 Å². The smallest absolute Gasteiger partial charge is 0.310 e. The molecule has 0 aromatic heterocycles. The molecule has 0 heterocycles. The summed E-state index contributed by atoms with van der Waals surface area (Å²) in [5, 5.41) is 0. The molecule has 54 valence electrons. The SMILES string of the molecule is O=PO.O=PO.O=PO.[H+].[H+].[K+]. The summed E-state index contributed by atoms with van der Waals surface area (Å²) >= 11 is 0. The van der Waals surface area contributed by atoms with E-state index in [1.807, 2.05) is 0 Å². The van der Waals surface area contributed by atoms with Crippen molar-refractivity contribution in [1.29, 1.82) is 0 Å². The first-order chi connectivity index (χ1) is 4.24. The molecule has 0 fully saturated rings. The maximum absolute atomic E-state index is 8.46. The van der Waals surface area contributed by atoms with Gasteiger partial charge in [-0.15, -0.1) is 0 Å². The summed E-state index contributed by atoms with van der Waals surface area (Å²) < 4.78 is 25.4. The van der Waals surface area contributed by atoms with Crippen molar-refractivity contribution in [1.82, 2.24) is 0 Å². The van der Waals surface area contributed by atoms with Crippen LogP contribution in [0.5, 0.6) is 0 Å². The standard InChI is InChI=1S/K.3HO2P/c;3*1-3-2/h;3*(H,1,2)/q+1;;;/p+2. The molecule has 0 spiro atoms. The molecular weight excluding hydrogens is 228 g/mol. The predicted molar refractivity (Wildman–Crippen MR) is 31.7 cm³/mol. The van der Waals surface area contributed by atoms with Gasteiger partial charge in [0.25, 0.3) is 0 Å². The van der Waals surface area contributed by atoms with Crippen LogP contribution in [-0.2, 0) is 13.7 Å². The zero-order valence-corrected chi connectivity index (χ0v) is 10.7. The molecule has 0 aliphatic carbocycles. The minimum Gasteiger partial charge on any atom is -0.310 e. The molecule has 0 atom stereocenters. The second kappa shape index (κ2) is 44.9. The molecule has 0 radical (unpaired) electrons. The normalized spacial score (nSPS) is 6.30. The number of hydrogen-bond donors (Lipinski definition) is 3. The Morgan fingerprint density at radius 1 is 0.800 bits per heavy atom. The monoisotopic (exact) mass is 233 g/mol. The van der Waals surface area contributed by atoms with Gasteiger partial charge in [-0.25, -0.2) is 13.7 Å². The van der Waals surface area contributed by atoms with Crippen molar-refractivity contribution < 1.29 is 82.6 Å².